The van der Waals surface area contributed by atoms with Crippen LogP contribution >= 0.6 is 0 Å². The molecule has 5 rings (SSSR count). The summed E-state index contributed by atoms with van der Waals surface area (Å²) in [4.78, 5) is 39.9. The van der Waals surface area contributed by atoms with Gasteiger partial charge in [0.15, 0.2) is 5.75 Å². The molecule has 1 aliphatic heterocycles. The molecule has 11 heteroatoms. The first-order chi connectivity index (χ1) is 13.9. The van der Waals surface area contributed by atoms with Crippen LogP contribution in [0.1, 0.15) is 22.6 Å². The molecule has 144 valence electrons. The lowest BCUT2D eigenvalue weighted by atomic mass is 9.81. The standard InChI is InChI=1S/C18H12N6O5/c25-12-4-1-7(5-11(12)24(28)29)13-14-8-6-19-23-9(8)2-3-10(14)20-16-15(13)17(26)22-18(27)21-16/h1-6,13,25H,(H,19,23)(H3,20,21,22,26,27). The number of hydrogen-bond donors (Lipinski definition) is 5. The highest BCUT2D eigenvalue weighted by molar-refractivity contribution is 5.92. The van der Waals surface area contributed by atoms with Gasteiger partial charge in [0.25, 0.3) is 5.56 Å². The van der Waals surface area contributed by atoms with Gasteiger partial charge in [-0.25, -0.2) is 4.79 Å². The Hall–Kier alpha value is -4.41. The van der Waals surface area contributed by atoms with Crippen LogP contribution < -0.4 is 16.6 Å². The predicted octanol–water partition coefficient (Wildman–Crippen LogP) is 1.79. The van der Waals surface area contributed by atoms with Crippen LogP contribution in [0.25, 0.3) is 10.9 Å². The van der Waals surface area contributed by atoms with Gasteiger partial charge in [-0.2, -0.15) is 5.10 Å². The topological polar surface area (TPSA) is 170 Å². The average molecular weight is 392 g/mol. The van der Waals surface area contributed by atoms with Crippen LogP contribution in [0.5, 0.6) is 5.75 Å². The number of nitro groups is 1. The molecule has 4 aromatic rings. The number of nitro benzene ring substituents is 1. The van der Waals surface area contributed by atoms with Crippen LogP contribution in [-0.2, 0) is 0 Å². The van der Waals surface area contributed by atoms with Crippen LogP contribution in [0.3, 0.4) is 0 Å². The SMILES string of the molecule is O=c1[nH]c2c(c(=O)[nH]1)C(c1ccc(O)c([N+](=O)[O-])c1)c1c(ccc3[nH]ncc13)N2. The molecule has 0 amide bonds. The Morgan fingerprint density at radius 2 is 1.93 bits per heavy atom. The van der Waals surface area contributed by atoms with E-state index in [0.29, 0.717) is 27.7 Å². The fraction of sp³-hybridized carbons (Fsp3) is 0.0556. The smallest absolute Gasteiger partial charge is 0.327 e. The number of nitrogens with one attached hydrogen (secondary N) is 4. The van der Waals surface area contributed by atoms with Gasteiger partial charge in [0, 0.05) is 23.1 Å². The molecule has 0 fully saturated rings. The average Bonchev–Trinajstić information content (AvgIpc) is 3.15. The number of aromatic nitrogens is 4. The number of anilines is 2. The molecular formula is C18H12N6O5. The minimum Gasteiger partial charge on any atom is -0.502 e. The summed E-state index contributed by atoms with van der Waals surface area (Å²) in [6.45, 7) is 0. The summed E-state index contributed by atoms with van der Waals surface area (Å²) in [6, 6.07) is 7.50. The van der Waals surface area contributed by atoms with Crippen molar-refractivity contribution in [1.29, 1.82) is 0 Å². The first kappa shape index (κ1) is 16.7. The molecule has 11 nitrogen and oxygen atoms in total. The molecule has 1 aliphatic rings. The third-order valence-electron chi connectivity index (χ3n) is 5.01. The fourth-order valence-corrected chi connectivity index (χ4v) is 3.81. The highest BCUT2D eigenvalue weighted by Crippen LogP contribution is 2.46. The first-order valence-corrected chi connectivity index (χ1v) is 8.51. The van der Waals surface area contributed by atoms with E-state index < -0.39 is 33.5 Å². The number of phenolic OH excluding ortho intramolecular Hbond substituents is 1. The molecule has 29 heavy (non-hydrogen) atoms. The van der Waals surface area contributed by atoms with Gasteiger partial charge in [0.2, 0.25) is 0 Å². The second-order valence-electron chi connectivity index (χ2n) is 6.62. The van der Waals surface area contributed by atoms with Crippen molar-refractivity contribution >= 4 is 28.1 Å². The van der Waals surface area contributed by atoms with Crippen LogP contribution in [0, 0.1) is 10.1 Å². The van der Waals surface area contributed by atoms with Crippen molar-refractivity contribution in [3.8, 4) is 5.75 Å². The van der Waals surface area contributed by atoms with E-state index in [1.165, 1.54) is 18.2 Å². The maximum absolute atomic E-state index is 12.7. The fourth-order valence-electron chi connectivity index (χ4n) is 3.81. The number of aromatic amines is 3. The molecular weight excluding hydrogens is 380 g/mol. The third kappa shape index (κ3) is 2.41. The van der Waals surface area contributed by atoms with Gasteiger partial charge in [0.1, 0.15) is 5.82 Å². The quantitative estimate of drug-likeness (QED) is 0.225. The van der Waals surface area contributed by atoms with Gasteiger partial charge < -0.3 is 10.4 Å². The molecule has 1 unspecified atom stereocenters. The lowest BCUT2D eigenvalue weighted by Crippen LogP contribution is -2.31. The van der Waals surface area contributed by atoms with Crippen molar-refractivity contribution in [3.05, 3.63) is 84.2 Å². The van der Waals surface area contributed by atoms with Gasteiger partial charge in [-0.3, -0.25) is 30.0 Å². The molecule has 2 aromatic carbocycles. The van der Waals surface area contributed by atoms with Crippen LogP contribution in [0.15, 0.2) is 46.1 Å². The van der Waals surface area contributed by atoms with Gasteiger partial charge in [0.05, 0.1) is 22.2 Å². The Bertz CT molecular complexity index is 1430. The zero-order chi connectivity index (χ0) is 20.3. The maximum Gasteiger partial charge on any atom is 0.327 e. The van der Waals surface area contributed by atoms with Crippen molar-refractivity contribution in [2.45, 2.75) is 5.92 Å². The lowest BCUT2D eigenvalue weighted by molar-refractivity contribution is -0.385. The zero-order valence-corrected chi connectivity index (χ0v) is 14.5. The molecule has 1 atom stereocenters. The number of H-pyrrole nitrogens is 3. The highest BCUT2D eigenvalue weighted by atomic mass is 16.6. The van der Waals surface area contributed by atoms with Crippen molar-refractivity contribution in [3.63, 3.8) is 0 Å². The van der Waals surface area contributed by atoms with E-state index in [4.69, 9.17) is 0 Å². The zero-order valence-electron chi connectivity index (χ0n) is 14.5. The van der Waals surface area contributed by atoms with Gasteiger partial charge in [-0.15, -0.1) is 0 Å². The summed E-state index contributed by atoms with van der Waals surface area (Å²) in [7, 11) is 0. The number of nitrogens with zero attached hydrogens (tertiary/aromatic N) is 2. The van der Waals surface area contributed by atoms with Crippen LogP contribution in [0.4, 0.5) is 17.2 Å². The summed E-state index contributed by atoms with van der Waals surface area (Å²) >= 11 is 0. The summed E-state index contributed by atoms with van der Waals surface area (Å²) in [5, 5.41) is 31.8. The second kappa shape index (κ2) is 5.79. The Labute approximate surface area is 160 Å². The Balaban J connectivity index is 1.89. The van der Waals surface area contributed by atoms with E-state index >= 15 is 0 Å². The van der Waals surface area contributed by atoms with Gasteiger partial charge in [-0.05, 0) is 29.3 Å². The monoisotopic (exact) mass is 392 g/mol. The van der Waals surface area contributed by atoms with E-state index in [0.717, 1.165) is 0 Å². The Morgan fingerprint density at radius 3 is 2.72 bits per heavy atom. The summed E-state index contributed by atoms with van der Waals surface area (Å²) in [5.74, 6) is -1.03. The normalized spacial score (nSPS) is 14.8. The second-order valence-corrected chi connectivity index (χ2v) is 6.62. The Morgan fingerprint density at radius 1 is 1.10 bits per heavy atom. The van der Waals surface area contributed by atoms with Crippen LogP contribution in [-0.4, -0.2) is 30.2 Å². The van der Waals surface area contributed by atoms with Crippen molar-refractivity contribution in [2.24, 2.45) is 0 Å². The summed E-state index contributed by atoms with van der Waals surface area (Å²) < 4.78 is 0. The highest BCUT2D eigenvalue weighted by Gasteiger charge is 2.33. The van der Waals surface area contributed by atoms with Gasteiger partial charge in [-0.1, -0.05) is 6.07 Å². The third-order valence-corrected chi connectivity index (χ3v) is 5.01. The maximum atomic E-state index is 12.7. The number of fused-ring (bicyclic) bond motifs is 4. The summed E-state index contributed by atoms with van der Waals surface area (Å²) in [6.07, 6.45) is 1.60. The van der Waals surface area contributed by atoms with Crippen molar-refractivity contribution < 1.29 is 10.0 Å². The van der Waals surface area contributed by atoms with Crippen LogP contribution in [0.2, 0.25) is 0 Å². The molecule has 0 bridgehead atoms. The van der Waals surface area contributed by atoms with E-state index in [9.17, 15) is 24.8 Å². The molecule has 0 spiro atoms. The molecule has 0 aliphatic carbocycles. The van der Waals surface area contributed by atoms with E-state index in [2.05, 4.69) is 25.5 Å². The minimum absolute atomic E-state index is 0.200. The molecule has 2 aromatic heterocycles. The lowest BCUT2D eigenvalue weighted by Gasteiger charge is -2.28. The van der Waals surface area contributed by atoms with E-state index in [1.807, 2.05) is 0 Å². The molecule has 3 heterocycles. The molecule has 5 N–H and O–H groups in total. The van der Waals surface area contributed by atoms with E-state index in [-0.39, 0.29) is 11.4 Å². The number of phenols is 1. The summed E-state index contributed by atoms with van der Waals surface area (Å²) in [5.41, 5.74) is 0.829. The number of hydrogen-bond acceptors (Lipinski definition) is 7. The van der Waals surface area contributed by atoms with E-state index in [1.54, 1.807) is 18.3 Å². The molecule has 0 radical (unpaired) electrons. The largest absolute Gasteiger partial charge is 0.502 e. The van der Waals surface area contributed by atoms with Crippen molar-refractivity contribution in [2.75, 3.05) is 5.32 Å². The van der Waals surface area contributed by atoms with Gasteiger partial charge >= 0.3 is 11.4 Å². The molecule has 0 saturated heterocycles. The minimum atomic E-state index is -0.748. The Kier molecular flexibility index (Phi) is 3.34. The number of rotatable bonds is 2. The predicted molar refractivity (Wildman–Crippen MR) is 103 cm³/mol. The number of aromatic hydroxyl groups is 1. The number of benzene rings is 2. The van der Waals surface area contributed by atoms with Crippen molar-refractivity contribution in [1.82, 2.24) is 20.2 Å². The first-order valence-electron chi connectivity index (χ1n) is 8.51. The molecule has 0 saturated carbocycles.